The van der Waals surface area contributed by atoms with Crippen molar-refractivity contribution in [3.05, 3.63) is 0 Å². The summed E-state index contributed by atoms with van der Waals surface area (Å²) in [6.07, 6.45) is 5.39. The van der Waals surface area contributed by atoms with Crippen molar-refractivity contribution < 1.29 is 0 Å². The normalized spacial score (nSPS) is 38.8. The molecule has 0 bridgehead atoms. The van der Waals surface area contributed by atoms with Gasteiger partial charge in [-0.2, -0.15) is 0 Å². The average molecular weight is 267 g/mol. The fraction of sp³-hybridized carbons (Fsp3) is 1.00. The third-order valence-corrected chi connectivity index (χ3v) is 5.81. The molecule has 3 nitrogen and oxygen atoms in total. The molecule has 1 saturated carbocycles. The molecule has 1 aliphatic heterocycles. The molecule has 0 aromatic heterocycles. The summed E-state index contributed by atoms with van der Waals surface area (Å²) in [6.45, 7) is 11.5. The Morgan fingerprint density at radius 3 is 2.63 bits per heavy atom. The van der Waals surface area contributed by atoms with Crippen molar-refractivity contribution in [2.75, 3.05) is 33.2 Å². The van der Waals surface area contributed by atoms with Gasteiger partial charge in [-0.1, -0.05) is 26.7 Å². The van der Waals surface area contributed by atoms with Crippen LogP contribution in [0.2, 0.25) is 0 Å². The third-order valence-electron chi connectivity index (χ3n) is 5.81. The van der Waals surface area contributed by atoms with Gasteiger partial charge in [0.1, 0.15) is 0 Å². The number of nitrogens with two attached hydrogens (primary N) is 1. The summed E-state index contributed by atoms with van der Waals surface area (Å²) in [6, 6.07) is 0.664. The lowest BCUT2D eigenvalue weighted by molar-refractivity contribution is -0.0202. The second-order valence-corrected chi connectivity index (χ2v) is 7.30. The Balaban J connectivity index is 2.09. The standard InChI is InChI=1S/C16H33N3/c1-13(2)15-6-5-7-16(10-15,12-17)19-9-8-18(4)14(3)11-19/h13-15H,5-12,17H2,1-4H3. The lowest BCUT2D eigenvalue weighted by Gasteiger charge is -2.53. The zero-order valence-corrected chi connectivity index (χ0v) is 13.4. The van der Waals surface area contributed by atoms with E-state index in [1.165, 1.54) is 45.3 Å². The van der Waals surface area contributed by atoms with Gasteiger partial charge in [-0.15, -0.1) is 0 Å². The predicted octanol–water partition coefficient (Wildman–Crippen LogP) is 2.17. The van der Waals surface area contributed by atoms with E-state index in [1.54, 1.807) is 0 Å². The summed E-state index contributed by atoms with van der Waals surface area (Å²) in [5.74, 6) is 1.67. The molecule has 1 aliphatic carbocycles. The fourth-order valence-corrected chi connectivity index (χ4v) is 4.04. The van der Waals surface area contributed by atoms with Crippen LogP contribution in [-0.2, 0) is 0 Å². The molecule has 3 atom stereocenters. The minimum atomic E-state index is 0.294. The minimum absolute atomic E-state index is 0.294. The topological polar surface area (TPSA) is 32.5 Å². The predicted molar refractivity (Wildman–Crippen MR) is 82.2 cm³/mol. The lowest BCUT2D eigenvalue weighted by Crippen LogP contribution is -2.63. The van der Waals surface area contributed by atoms with Crippen LogP contribution >= 0.6 is 0 Å². The first-order valence-corrected chi connectivity index (χ1v) is 8.14. The number of hydrogen-bond donors (Lipinski definition) is 1. The van der Waals surface area contributed by atoms with Gasteiger partial charge in [0, 0.05) is 37.8 Å². The zero-order chi connectivity index (χ0) is 14.0. The number of nitrogens with zero attached hydrogens (tertiary/aromatic N) is 2. The van der Waals surface area contributed by atoms with Crippen molar-refractivity contribution >= 4 is 0 Å². The highest BCUT2D eigenvalue weighted by Crippen LogP contribution is 2.40. The van der Waals surface area contributed by atoms with Gasteiger partial charge in [-0.05, 0) is 38.6 Å². The Kier molecular flexibility index (Phi) is 4.91. The van der Waals surface area contributed by atoms with Crippen LogP contribution < -0.4 is 5.73 Å². The largest absolute Gasteiger partial charge is 0.329 e. The zero-order valence-electron chi connectivity index (χ0n) is 13.4. The molecule has 3 unspecified atom stereocenters. The molecule has 1 heterocycles. The molecular weight excluding hydrogens is 234 g/mol. The molecule has 2 N–H and O–H groups in total. The highest BCUT2D eigenvalue weighted by Gasteiger charge is 2.42. The molecule has 0 radical (unpaired) electrons. The monoisotopic (exact) mass is 267 g/mol. The lowest BCUT2D eigenvalue weighted by atomic mass is 9.70. The summed E-state index contributed by atoms with van der Waals surface area (Å²) < 4.78 is 0. The maximum atomic E-state index is 6.26. The van der Waals surface area contributed by atoms with E-state index in [0.717, 1.165) is 18.4 Å². The van der Waals surface area contributed by atoms with Gasteiger partial charge in [-0.25, -0.2) is 0 Å². The highest BCUT2D eigenvalue weighted by atomic mass is 15.3. The molecule has 1 saturated heterocycles. The molecule has 2 fully saturated rings. The van der Waals surface area contributed by atoms with E-state index in [0.29, 0.717) is 11.6 Å². The van der Waals surface area contributed by atoms with Gasteiger partial charge in [0.2, 0.25) is 0 Å². The van der Waals surface area contributed by atoms with Crippen molar-refractivity contribution in [1.29, 1.82) is 0 Å². The Labute approximate surface area is 119 Å². The van der Waals surface area contributed by atoms with Crippen molar-refractivity contribution in [3.63, 3.8) is 0 Å². The van der Waals surface area contributed by atoms with Crippen LogP contribution in [0, 0.1) is 11.8 Å². The highest BCUT2D eigenvalue weighted by molar-refractivity contribution is 4.99. The van der Waals surface area contributed by atoms with E-state index >= 15 is 0 Å². The number of hydrogen-bond acceptors (Lipinski definition) is 3. The molecule has 0 spiro atoms. The number of likely N-dealkylation sites (N-methyl/N-ethyl adjacent to an activating group) is 1. The Hall–Kier alpha value is -0.120. The summed E-state index contributed by atoms with van der Waals surface area (Å²) in [7, 11) is 2.24. The smallest absolute Gasteiger partial charge is 0.0335 e. The van der Waals surface area contributed by atoms with E-state index in [2.05, 4.69) is 37.6 Å². The van der Waals surface area contributed by atoms with Crippen molar-refractivity contribution in [3.8, 4) is 0 Å². The Morgan fingerprint density at radius 2 is 2.05 bits per heavy atom. The van der Waals surface area contributed by atoms with Crippen LogP contribution in [0.15, 0.2) is 0 Å². The van der Waals surface area contributed by atoms with Crippen LogP contribution in [0.4, 0.5) is 0 Å². The SMILES string of the molecule is CC(C)C1CCCC(CN)(N2CCN(C)C(C)C2)C1. The summed E-state index contributed by atoms with van der Waals surface area (Å²) in [4.78, 5) is 5.20. The molecule has 0 aromatic rings. The van der Waals surface area contributed by atoms with Crippen LogP contribution in [0.25, 0.3) is 0 Å². The molecular formula is C16H33N3. The first-order valence-electron chi connectivity index (χ1n) is 8.14. The number of rotatable bonds is 3. The average Bonchev–Trinajstić information content (AvgIpc) is 2.41. The Morgan fingerprint density at radius 1 is 1.32 bits per heavy atom. The van der Waals surface area contributed by atoms with E-state index in [4.69, 9.17) is 5.73 Å². The number of piperazine rings is 1. The van der Waals surface area contributed by atoms with E-state index in [1.807, 2.05) is 0 Å². The second-order valence-electron chi connectivity index (χ2n) is 7.30. The van der Waals surface area contributed by atoms with Gasteiger partial charge in [-0.3, -0.25) is 4.90 Å². The third kappa shape index (κ3) is 3.14. The summed E-state index contributed by atoms with van der Waals surface area (Å²) in [5.41, 5.74) is 6.55. The second kappa shape index (κ2) is 6.11. The maximum Gasteiger partial charge on any atom is 0.0335 e. The summed E-state index contributed by atoms with van der Waals surface area (Å²) >= 11 is 0. The van der Waals surface area contributed by atoms with E-state index in [9.17, 15) is 0 Å². The van der Waals surface area contributed by atoms with Gasteiger partial charge >= 0.3 is 0 Å². The van der Waals surface area contributed by atoms with Crippen molar-refractivity contribution in [2.45, 2.75) is 58.0 Å². The van der Waals surface area contributed by atoms with Crippen LogP contribution in [-0.4, -0.2) is 54.6 Å². The van der Waals surface area contributed by atoms with Gasteiger partial charge in [0.05, 0.1) is 0 Å². The molecule has 0 amide bonds. The van der Waals surface area contributed by atoms with Crippen LogP contribution in [0.1, 0.15) is 46.5 Å². The molecule has 112 valence electrons. The van der Waals surface area contributed by atoms with Crippen LogP contribution in [0.3, 0.4) is 0 Å². The quantitative estimate of drug-likeness (QED) is 0.850. The minimum Gasteiger partial charge on any atom is -0.329 e. The maximum absolute atomic E-state index is 6.26. The van der Waals surface area contributed by atoms with Gasteiger partial charge in [0.25, 0.3) is 0 Å². The summed E-state index contributed by atoms with van der Waals surface area (Å²) in [5, 5.41) is 0. The van der Waals surface area contributed by atoms with Crippen LogP contribution in [0.5, 0.6) is 0 Å². The molecule has 19 heavy (non-hydrogen) atoms. The van der Waals surface area contributed by atoms with E-state index in [-0.39, 0.29) is 0 Å². The van der Waals surface area contributed by atoms with E-state index < -0.39 is 0 Å². The molecule has 3 heteroatoms. The van der Waals surface area contributed by atoms with Crippen molar-refractivity contribution in [1.82, 2.24) is 9.80 Å². The molecule has 2 aliphatic rings. The molecule has 0 aromatic carbocycles. The van der Waals surface area contributed by atoms with Gasteiger partial charge < -0.3 is 10.6 Å². The van der Waals surface area contributed by atoms with Crippen molar-refractivity contribution in [2.24, 2.45) is 17.6 Å². The molecule has 2 rings (SSSR count). The first kappa shape index (κ1) is 15.3. The Bertz CT molecular complexity index is 292. The first-order chi connectivity index (χ1) is 8.98. The fourth-order valence-electron chi connectivity index (χ4n) is 4.04. The van der Waals surface area contributed by atoms with Gasteiger partial charge in [0.15, 0.2) is 0 Å².